The number of carbonyl (C=O) groups excluding carboxylic acids is 1. The molecule has 5 heterocycles. The Balaban J connectivity index is 1.23. The van der Waals surface area contributed by atoms with Gasteiger partial charge in [-0.1, -0.05) is 0 Å². The van der Waals surface area contributed by atoms with Gasteiger partial charge in [0.15, 0.2) is 5.65 Å². The molecule has 1 amide bonds. The van der Waals surface area contributed by atoms with E-state index in [0.29, 0.717) is 26.2 Å². The molecule has 1 aliphatic rings. The topological polar surface area (TPSA) is 83.5 Å². The van der Waals surface area contributed by atoms with Crippen LogP contribution in [0.4, 0.5) is 5.82 Å². The van der Waals surface area contributed by atoms with Crippen LogP contribution in [0.1, 0.15) is 15.5 Å². The zero-order valence-corrected chi connectivity index (χ0v) is 19.7. The first-order chi connectivity index (χ1) is 16.1. The van der Waals surface area contributed by atoms with E-state index in [2.05, 4.69) is 43.9 Å². The summed E-state index contributed by atoms with van der Waals surface area (Å²) in [6.45, 7) is 6.59. The Kier molecular flexibility index (Phi) is 6.10. The Hall–Kier alpha value is -3.24. The maximum Gasteiger partial charge on any atom is 0.236 e. The molecule has 0 atom stereocenters. The number of furan rings is 1. The number of amides is 1. The van der Waals surface area contributed by atoms with Crippen LogP contribution in [-0.2, 0) is 24.9 Å². The minimum Gasteiger partial charge on any atom is -0.468 e. The molecular formula is C23H27N7O2S. The van der Waals surface area contributed by atoms with Crippen LogP contribution in [-0.4, -0.2) is 68.2 Å². The highest BCUT2D eigenvalue weighted by molar-refractivity contribution is 7.11. The number of fused-ring (bicyclic) bond motifs is 1. The maximum absolute atomic E-state index is 13.2. The Bertz CT molecular complexity index is 1220. The van der Waals surface area contributed by atoms with Crippen LogP contribution in [0.25, 0.3) is 11.0 Å². The van der Waals surface area contributed by atoms with Crippen molar-refractivity contribution in [3.63, 3.8) is 0 Å². The van der Waals surface area contributed by atoms with Crippen molar-refractivity contribution in [2.75, 3.05) is 37.6 Å². The summed E-state index contributed by atoms with van der Waals surface area (Å²) in [5.74, 6) is 1.89. The van der Waals surface area contributed by atoms with Crippen LogP contribution < -0.4 is 4.90 Å². The van der Waals surface area contributed by atoms with E-state index in [1.165, 1.54) is 9.75 Å². The van der Waals surface area contributed by atoms with Crippen LogP contribution in [0.5, 0.6) is 0 Å². The van der Waals surface area contributed by atoms with E-state index in [-0.39, 0.29) is 5.91 Å². The van der Waals surface area contributed by atoms with Crippen LogP contribution in [0.2, 0.25) is 0 Å². The third-order valence-electron chi connectivity index (χ3n) is 5.93. The molecule has 0 saturated carbocycles. The van der Waals surface area contributed by atoms with Gasteiger partial charge >= 0.3 is 0 Å². The molecule has 0 bridgehead atoms. The van der Waals surface area contributed by atoms with Gasteiger partial charge in [-0.3, -0.25) is 14.4 Å². The summed E-state index contributed by atoms with van der Waals surface area (Å²) in [5, 5.41) is 5.24. The molecule has 4 aromatic rings. The van der Waals surface area contributed by atoms with E-state index in [1.807, 2.05) is 24.1 Å². The molecule has 0 N–H and O–H groups in total. The zero-order chi connectivity index (χ0) is 22.8. The fourth-order valence-corrected chi connectivity index (χ4v) is 5.17. The molecule has 1 aliphatic heterocycles. The molecule has 33 heavy (non-hydrogen) atoms. The number of anilines is 1. The van der Waals surface area contributed by atoms with Gasteiger partial charge in [-0.05, 0) is 31.2 Å². The Morgan fingerprint density at radius 3 is 2.73 bits per heavy atom. The van der Waals surface area contributed by atoms with Gasteiger partial charge in [0.05, 0.1) is 30.9 Å². The van der Waals surface area contributed by atoms with Crippen molar-refractivity contribution in [3.05, 3.63) is 58.6 Å². The molecule has 0 radical (unpaired) electrons. The molecular weight excluding hydrogens is 438 g/mol. The predicted molar refractivity (Wildman–Crippen MR) is 127 cm³/mol. The van der Waals surface area contributed by atoms with E-state index in [0.717, 1.165) is 42.2 Å². The molecule has 172 valence electrons. The fourth-order valence-electron chi connectivity index (χ4n) is 4.24. The van der Waals surface area contributed by atoms with Gasteiger partial charge in [-0.25, -0.2) is 9.97 Å². The van der Waals surface area contributed by atoms with Crippen LogP contribution in [0, 0.1) is 6.92 Å². The molecule has 0 aromatic carbocycles. The molecule has 0 aliphatic carbocycles. The lowest BCUT2D eigenvalue weighted by Crippen LogP contribution is -2.51. The van der Waals surface area contributed by atoms with Gasteiger partial charge in [0, 0.05) is 49.5 Å². The van der Waals surface area contributed by atoms with Crippen molar-refractivity contribution in [2.24, 2.45) is 7.05 Å². The normalized spacial score (nSPS) is 14.5. The number of aromatic nitrogens is 4. The molecule has 0 spiro atoms. The number of nitrogens with zero attached hydrogens (tertiary/aromatic N) is 7. The highest BCUT2D eigenvalue weighted by Crippen LogP contribution is 2.23. The molecule has 1 saturated heterocycles. The minimum atomic E-state index is 0.142. The highest BCUT2D eigenvalue weighted by atomic mass is 32.1. The maximum atomic E-state index is 13.2. The number of piperazine rings is 1. The zero-order valence-electron chi connectivity index (χ0n) is 18.8. The quantitative estimate of drug-likeness (QED) is 0.415. The lowest BCUT2D eigenvalue weighted by atomic mass is 10.2. The largest absolute Gasteiger partial charge is 0.468 e. The van der Waals surface area contributed by atoms with E-state index >= 15 is 0 Å². The van der Waals surface area contributed by atoms with Crippen LogP contribution in [0.15, 0.2) is 47.5 Å². The Morgan fingerprint density at radius 1 is 1.15 bits per heavy atom. The molecule has 5 rings (SSSR count). The Labute approximate surface area is 196 Å². The molecule has 0 unspecified atom stereocenters. The van der Waals surface area contributed by atoms with Gasteiger partial charge in [-0.15, -0.1) is 11.3 Å². The SMILES string of the molecule is Cc1ccc(CN(CC(=O)N2CCN(c3ncnc4c3cnn4C)CC2)Cc2ccco2)s1. The van der Waals surface area contributed by atoms with Crippen molar-refractivity contribution < 1.29 is 9.21 Å². The average molecular weight is 466 g/mol. The monoisotopic (exact) mass is 465 g/mol. The first-order valence-corrected chi connectivity index (χ1v) is 11.8. The summed E-state index contributed by atoms with van der Waals surface area (Å²) in [7, 11) is 1.88. The third kappa shape index (κ3) is 4.76. The summed E-state index contributed by atoms with van der Waals surface area (Å²) in [6, 6.07) is 8.10. The summed E-state index contributed by atoms with van der Waals surface area (Å²) in [4.78, 5) is 30.9. The fraction of sp³-hybridized carbons (Fsp3) is 0.391. The highest BCUT2D eigenvalue weighted by Gasteiger charge is 2.25. The second kappa shape index (κ2) is 9.32. The molecule has 10 heteroatoms. The van der Waals surface area contributed by atoms with Gasteiger partial charge in [0.1, 0.15) is 17.9 Å². The van der Waals surface area contributed by atoms with Crippen molar-refractivity contribution in [1.82, 2.24) is 29.5 Å². The van der Waals surface area contributed by atoms with Gasteiger partial charge in [0.2, 0.25) is 5.91 Å². The predicted octanol–water partition coefficient (Wildman–Crippen LogP) is 2.68. The van der Waals surface area contributed by atoms with E-state index in [9.17, 15) is 4.79 Å². The number of aryl methyl sites for hydroxylation is 2. The molecule has 4 aromatic heterocycles. The number of rotatable bonds is 7. The molecule has 1 fully saturated rings. The third-order valence-corrected chi connectivity index (χ3v) is 6.92. The molecule has 9 nitrogen and oxygen atoms in total. The van der Waals surface area contributed by atoms with Gasteiger partial charge < -0.3 is 14.2 Å². The van der Waals surface area contributed by atoms with Crippen molar-refractivity contribution >= 4 is 34.1 Å². The van der Waals surface area contributed by atoms with Crippen molar-refractivity contribution in [2.45, 2.75) is 20.0 Å². The second-order valence-electron chi connectivity index (χ2n) is 8.31. The number of hydrogen-bond acceptors (Lipinski definition) is 8. The minimum absolute atomic E-state index is 0.142. The van der Waals surface area contributed by atoms with Gasteiger partial charge in [0.25, 0.3) is 0 Å². The van der Waals surface area contributed by atoms with Crippen molar-refractivity contribution in [1.29, 1.82) is 0 Å². The first-order valence-electron chi connectivity index (χ1n) is 11.0. The van der Waals surface area contributed by atoms with E-state index in [1.54, 1.807) is 34.8 Å². The standard InChI is InChI=1S/C23H27N7O2S/c1-17-5-6-19(33-17)14-28(13-18-4-3-11-32-18)15-21(31)29-7-9-30(10-8-29)23-20-12-26-27(2)22(20)24-16-25-23/h3-6,11-12,16H,7-10,13-15H2,1-2H3. The van der Waals surface area contributed by atoms with E-state index < -0.39 is 0 Å². The summed E-state index contributed by atoms with van der Waals surface area (Å²) < 4.78 is 7.30. The van der Waals surface area contributed by atoms with Gasteiger partial charge in [-0.2, -0.15) is 5.10 Å². The lowest BCUT2D eigenvalue weighted by molar-refractivity contribution is -0.133. The lowest BCUT2D eigenvalue weighted by Gasteiger charge is -2.36. The average Bonchev–Trinajstić information content (AvgIpc) is 3.56. The van der Waals surface area contributed by atoms with Crippen LogP contribution >= 0.6 is 11.3 Å². The number of thiophene rings is 1. The second-order valence-corrected chi connectivity index (χ2v) is 9.68. The smallest absolute Gasteiger partial charge is 0.236 e. The number of hydrogen-bond donors (Lipinski definition) is 0. The van der Waals surface area contributed by atoms with Crippen molar-refractivity contribution in [3.8, 4) is 0 Å². The summed E-state index contributed by atoms with van der Waals surface area (Å²) >= 11 is 1.77. The van der Waals surface area contributed by atoms with E-state index in [4.69, 9.17) is 4.42 Å². The Morgan fingerprint density at radius 2 is 2.00 bits per heavy atom. The summed E-state index contributed by atoms with van der Waals surface area (Å²) in [5.41, 5.74) is 0.816. The van der Waals surface area contributed by atoms with Crippen LogP contribution in [0.3, 0.4) is 0 Å². The first kappa shape index (κ1) is 21.6. The summed E-state index contributed by atoms with van der Waals surface area (Å²) in [6.07, 6.45) is 5.06. The number of carbonyl (C=O) groups is 1.